The lowest BCUT2D eigenvalue weighted by atomic mass is 9.86. The number of hydrogen-bond acceptors (Lipinski definition) is 8. The standard InChI is InChI=1S/C38H45N5O6/c1-25-29(14-11-16-32(25)44)35(46)40-31(22-26-12-7-6-8-13-26)33(45)24-43(42-36(47)34(38(2,3)4)41-37(48)49-5)23-27-17-19-28(20-18-27)30-15-9-10-21-39-30/h6-21,31,33-34,44-45H,22-24H2,1-5H3,(H,40,46)(H,41,48)(H,42,47)/t31-,33+,34+/m0/s1. The molecule has 0 saturated heterocycles. The number of pyridine rings is 1. The summed E-state index contributed by atoms with van der Waals surface area (Å²) in [6.07, 6.45) is 0.0967. The van der Waals surface area contributed by atoms with Crippen LogP contribution in [0.15, 0.2) is 97.2 Å². The molecule has 258 valence electrons. The van der Waals surface area contributed by atoms with Crippen molar-refractivity contribution >= 4 is 17.9 Å². The Labute approximate surface area is 287 Å². The van der Waals surface area contributed by atoms with Crippen molar-refractivity contribution in [2.75, 3.05) is 13.7 Å². The maximum absolute atomic E-state index is 13.7. The number of aromatic nitrogens is 1. The Hall–Kier alpha value is -5.26. The molecule has 3 atom stereocenters. The highest BCUT2D eigenvalue weighted by atomic mass is 16.5. The number of alkyl carbamates (subject to hydrolysis) is 1. The van der Waals surface area contributed by atoms with Gasteiger partial charge in [0.15, 0.2) is 0 Å². The van der Waals surface area contributed by atoms with Gasteiger partial charge >= 0.3 is 6.09 Å². The lowest BCUT2D eigenvalue weighted by Gasteiger charge is -2.34. The van der Waals surface area contributed by atoms with Gasteiger partial charge in [-0.15, -0.1) is 0 Å². The van der Waals surface area contributed by atoms with E-state index in [1.807, 2.05) is 93.6 Å². The van der Waals surface area contributed by atoms with Crippen LogP contribution in [0, 0.1) is 12.3 Å². The van der Waals surface area contributed by atoms with Crippen LogP contribution in [0.3, 0.4) is 0 Å². The summed E-state index contributed by atoms with van der Waals surface area (Å²) in [4.78, 5) is 43.8. The van der Waals surface area contributed by atoms with E-state index in [0.29, 0.717) is 12.0 Å². The maximum Gasteiger partial charge on any atom is 0.407 e. The van der Waals surface area contributed by atoms with Gasteiger partial charge in [0.1, 0.15) is 11.8 Å². The minimum atomic E-state index is -1.17. The first-order valence-electron chi connectivity index (χ1n) is 16.1. The SMILES string of the molecule is COC(=O)N[C@H](C(=O)NN(Cc1ccc(-c2ccccn2)cc1)C[C@@H](O)[C@H](Cc1ccccc1)NC(=O)c1cccc(O)c1C)C(C)(C)C. The van der Waals surface area contributed by atoms with Gasteiger partial charge in [-0.2, -0.15) is 0 Å². The fourth-order valence-corrected chi connectivity index (χ4v) is 5.38. The molecule has 0 unspecified atom stereocenters. The number of benzene rings is 3. The van der Waals surface area contributed by atoms with Crippen LogP contribution in [-0.4, -0.2) is 70.0 Å². The third-order valence-electron chi connectivity index (χ3n) is 8.17. The number of methoxy groups -OCH3 is 1. The number of nitrogens with zero attached hydrogens (tertiary/aromatic N) is 2. The van der Waals surface area contributed by atoms with Crippen molar-refractivity contribution in [3.8, 4) is 17.0 Å². The monoisotopic (exact) mass is 667 g/mol. The lowest BCUT2D eigenvalue weighted by Crippen LogP contribution is -2.59. The molecular weight excluding hydrogens is 622 g/mol. The van der Waals surface area contributed by atoms with E-state index in [-0.39, 0.29) is 24.4 Å². The zero-order chi connectivity index (χ0) is 35.6. The number of aromatic hydroxyl groups is 1. The Balaban J connectivity index is 1.63. The van der Waals surface area contributed by atoms with E-state index < -0.39 is 41.5 Å². The molecule has 4 aromatic rings. The second kappa shape index (κ2) is 16.7. The van der Waals surface area contributed by atoms with Gasteiger partial charge in [-0.05, 0) is 54.2 Å². The molecule has 0 aliphatic rings. The molecule has 4 rings (SSSR count). The third-order valence-corrected chi connectivity index (χ3v) is 8.17. The smallest absolute Gasteiger partial charge is 0.407 e. The number of carbonyl (C=O) groups excluding carboxylic acids is 3. The summed E-state index contributed by atoms with van der Waals surface area (Å²) in [6.45, 7) is 7.21. The number of aliphatic hydroxyl groups is 1. The number of ether oxygens (including phenoxy) is 1. The number of nitrogens with one attached hydrogen (secondary N) is 3. The number of aliphatic hydroxyl groups excluding tert-OH is 1. The maximum atomic E-state index is 13.7. The number of carbonyl (C=O) groups is 3. The molecule has 3 aromatic carbocycles. The van der Waals surface area contributed by atoms with Gasteiger partial charge in [0.05, 0.1) is 24.9 Å². The van der Waals surface area contributed by atoms with Crippen LogP contribution >= 0.6 is 0 Å². The molecule has 0 saturated carbocycles. The van der Waals surface area contributed by atoms with Crippen LogP contribution in [-0.2, 0) is 22.5 Å². The van der Waals surface area contributed by atoms with Crippen LogP contribution < -0.4 is 16.1 Å². The first-order chi connectivity index (χ1) is 23.3. The van der Waals surface area contributed by atoms with Crippen LogP contribution in [0.1, 0.15) is 47.8 Å². The van der Waals surface area contributed by atoms with Gasteiger partial charge in [-0.25, -0.2) is 9.80 Å². The summed E-state index contributed by atoms with van der Waals surface area (Å²) >= 11 is 0. The van der Waals surface area contributed by atoms with Crippen molar-refractivity contribution in [3.63, 3.8) is 0 Å². The largest absolute Gasteiger partial charge is 0.508 e. The molecule has 11 nitrogen and oxygen atoms in total. The Kier molecular flexibility index (Phi) is 12.5. The van der Waals surface area contributed by atoms with Gasteiger partial charge in [-0.3, -0.25) is 20.0 Å². The Morgan fingerprint density at radius 1 is 0.878 bits per heavy atom. The average Bonchev–Trinajstić information content (AvgIpc) is 3.08. The molecule has 3 amide bonds. The number of phenolic OH excluding ortho intramolecular Hbond substituents is 1. The van der Waals surface area contributed by atoms with E-state index in [1.165, 1.54) is 13.2 Å². The van der Waals surface area contributed by atoms with Gasteiger partial charge in [0.25, 0.3) is 11.8 Å². The van der Waals surface area contributed by atoms with Crippen molar-refractivity contribution in [1.29, 1.82) is 0 Å². The summed E-state index contributed by atoms with van der Waals surface area (Å²) in [7, 11) is 1.23. The van der Waals surface area contributed by atoms with Crippen molar-refractivity contribution < 1.29 is 29.3 Å². The minimum absolute atomic E-state index is 0.00951. The van der Waals surface area contributed by atoms with E-state index in [2.05, 4.69) is 21.0 Å². The first-order valence-corrected chi connectivity index (χ1v) is 16.1. The van der Waals surface area contributed by atoms with E-state index in [1.54, 1.807) is 30.3 Å². The topological polar surface area (TPSA) is 153 Å². The van der Waals surface area contributed by atoms with E-state index in [9.17, 15) is 24.6 Å². The van der Waals surface area contributed by atoms with Crippen molar-refractivity contribution in [2.45, 2.75) is 58.8 Å². The molecule has 1 heterocycles. The lowest BCUT2D eigenvalue weighted by molar-refractivity contribution is -0.131. The van der Waals surface area contributed by atoms with Gasteiger partial charge < -0.3 is 25.6 Å². The molecule has 0 aliphatic carbocycles. The van der Waals surface area contributed by atoms with Gasteiger partial charge in [0.2, 0.25) is 0 Å². The summed E-state index contributed by atoms with van der Waals surface area (Å²) in [5.41, 5.74) is 6.38. The second-order valence-electron chi connectivity index (χ2n) is 13.0. The average molecular weight is 668 g/mol. The molecule has 0 bridgehead atoms. The first kappa shape index (κ1) is 36.6. The molecule has 0 radical (unpaired) electrons. The van der Waals surface area contributed by atoms with Crippen molar-refractivity contribution in [3.05, 3.63) is 119 Å². The second-order valence-corrected chi connectivity index (χ2v) is 13.0. The quantitative estimate of drug-likeness (QED) is 0.128. The molecule has 49 heavy (non-hydrogen) atoms. The molecular formula is C38H45N5O6. The Morgan fingerprint density at radius 3 is 2.20 bits per heavy atom. The van der Waals surface area contributed by atoms with Crippen LogP contribution in [0.25, 0.3) is 11.3 Å². The number of hydrogen-bond donors (Lipinski definition) is 5. The van der Waals surface area contributed by atoms with E-state index >= 15 is 0 Å². The molecule has 0 aliphatic heterocycles. The summed E-state index contributed by atoms with van der Waals surface area (Å²) in [6, 6.07) is 25.8. The van der Waals surface area contributed by atoms with Crippen LogP contribution in [0.2, 0.25) is 0 Å². The van der Waals surface area contributed by atoms with Gasteiger partial charge in [-0.1, -0.05) is 87.5 Å². The molecule has 0 spiro atoms. The highest BCUT2D eigenvalue weighted by Gasteiger charge is 2.35. The third kappa shape index (κ3) is 10.4. The van der Waals surface area contributed by atoms with Crippen LogP contribution in [0.5, 0.6) is 5.75 Å². The van der Waals surface area contributed by atoms with Crippen molar-refractivity contribution in [2.24, 2.45) is 5.41 Å². The Morgan fingerprint density at radius 2 is 1.57 bits per heavy atom. The fourth-order valence-electron chi connectivity index (χ4n) is 5.38. The normalized spacial score (nSPS) is 13.2. The number of phenols is 1. The highest BCUT2D eigenvalue weighted by molar-refractivity contribution is 5.96. The molecule has 5 N–H and O–H groups in total. The Bertz CT molecular complexity index is 1690. The predicted molar refractivity (Wildman–Crippen MR) is 187 cm³/mol. The van der Waals surface area contributed by atoms with E-state index in [4.69, 9.17) is 4.74 Å². The zero-order valence-corrected chi connectivity index (χ0v) is 28.5. The summed E-state index contributed by atoms with van der Waals surface area (Å²) < 4.78 is 4.77. The minimum Gasteiger partial charge on any atom is -0.508 e. The summed E-state index contributed by atoms with van der Waals surface area (Å²) in [5, 5.41) is 29.1. The van der Waals surface area contributed by atoms with Crippen LogP contribution in [0.4, 0.5) is 4.79 Å². The molecule has 1 aromatic heterocycles. The highest BCUT2D eigenvalue weighted by Crippen LogP contribution is 2.22. The summed E-state index contributed by atoms with van der Waals surface area (Å²) in [5.74, 6) is -0.969. The number of rotatable bonds is 13. The van der Waals surface area contributed by atoms with Crippen molar-refractivity contribution in [1.82, 2.24) is 26.1 Å². The zero-order valence-electron chi connectivity index (χ0n) is 28.5. The van der Waals surface area contributed by atoms with E-state index in [0.717, 1.165) is 22.4 Å². The molecule has 0 fully saturated rings. The number of amides is 3. The number of hydrazine groups is 1. The molecule has 11 heteroatoms. The predicted octanol–water partition coefficient (Wildman–Crippen LogP) is 4.77. The fraction of sp³-hybridized carbons (Fsp3) is 0.316. The van der Waals surface area contributed by atoms with Gasteiger partial charge in [0, 0.05) is 36.0 Å².